The minimum atomic E-state index is -2.28. The minimum absolute atomic E-state index is 0.0115. The van der Waals surface area contributed by atoms with Gasteiger partial charge >= 0.3 is 0 Å². The number of ether oxygens (including phenoxy) is 4. The molecular formula is C39H48O5SSi. The molecule has 7 heteroatoms. The standard InChI is InChI=1S/C39H48O5SSi/c1-39(2,3)46(4,5)44-35-34(29-40-26-30-18-10-6-11-19-30)43-38(45-33-24-16-9-17-25-33)37(42-28-32-22-14-8-15-23-32)36(35)41-27-31-20-12-7-13-21-31/h6-25,34-38H,26-29H2,1-5H3/t34-,35-,36+,37-,38+/m1/s1. The first-order valence-electron chi connectivity index (χ1n) is 16.2. The molecular weight excluding hydrogens is 609 g/mol. The fourth-order valence-corrected chi connectivity index (χ4v) is 7.63. The van der Waals surface area contributed by atoms with Crippen LogP contribution < -0.4 is 0 Å². The summed E-state index contributed by atoms with van der Waals surface area (Å²) in [6, 6.07) is 41.2. The van der Waals surface area contributed by atoms with E-state index in [1.54, 1.807) is 11.8 Å². The Morgan fingerprint density at radius 2 is 1.07 bits per heavy atom. The molecule has 1 heterocycles. The molecule has 0 saturated carbocycles. The van der Waals surface area contributed by atoms with Gasteiger partial charge in [0.05, 0.1) is 26.4 Å². The quantitative estimate of drug-likeness (QED) is 0.126. The van der Waals surface area contributed by atoms with E-state index in [9.17, 15) is 0 Å². The van der Waals surface area contributed by atoms with Crippen molar-refractivity contribution in [3.63, 3.8) is 0 Å². The van der Waals surface area contributed by atoms with Crippen LogP contribution in [0.15, 0.2) is 126 Å². The lowest BCUT2D eigenvalue weighted by Gasteiger charge is -2.50. The number of rotatable bonds is 14. The maximum Gasteiger partial charge on any atom is 0.192 e. The Hall–Kier alpha value is -2.75. The van der Waals surface area contributed by atoms with Crippen molar-refractivity contribution < 1.29 is 23.4 Å². The van der Waals surface area contributed by atoms with Crippen molar-refractivity contribution in [3.05, 3.63) is 138 Å². The zero-order chi connectivity index (χ0) is 32.4. The normalized spacial score (nSPS) is 22.1. The van der Waals surface area contributed by atoms with E-state index in [-0.39, 0.29) is 16.6 Å². The molecule has 5 atom stereocenters. The Morgan fingerprint density at radius 1 is 0.609 bits per heavy atom. The first kappa shape index (κ1) is 34.6. The van der Waals surface area contributed by atoms with Crippen molar-refractivity contribution in [3.8, 4) is 0 Å². The van der Waals surface area contributed by atoms with Crippen molar-refractivity contribution in [2.45, 2.75) is 93.5 Å². The third-order valence-corrected chi connectivity index (χ3v) is 14.4. The second-order valence-corrected chi connectivity index (χ2v) is 19.3. The molecule has 1 aliphatic rings. The first-order valence-corrected chi connectivity index (χ1v) is 20.0. The van der Waals surface area contributed by atoms with E-state index in [0.29, 0.717) is 26.4 Å². The molecule has 0 spiro atoms. The summed E-state index contributed by atoms with van der Waals surface area (Å²) < 4.78 is 34.4. The van der Waals surface area contributed by atoms with Gasteiger partial charge < -0.3 is 23.4 Å². The Balaban J connectivity index is 1.50. The van der Waals surface area contributed by atoms with Crippen LogP contribution in [0.5, 0.6) is 0 Å². The third-order valence-electron chi connectivity index (χ3n) is 8.79. The Bertz CT molecular complexity index is 1430. The van der Waals surface area contributed by atoms with E-state index in [2.05, 4.69) is 94.5 Å². The monoisotopic (exact) mass is 656 g/mol. The number of thioether (sulfide) groups is 1. The molecule has 0 amide bonds. The molecule has 0 bridgehead atoms. The van der Waals surface area contributed by atoms with Gasteiger partial charge in [-0.05, 0) is 47.0 Å². The van der Waals surface area contributed by atoms with Gasteiger partial charge in [0.2, 0.25) is 0 Å². The van der Waals surface area contributed by atoms with Gasteiger partial charge in [-0.15, -0.1) is 0 Å². The summed E-state index contributed by atoms with van der Waals surface area (Å²) >= 11 is 1.67. The molecule has 1 aliphatic heterocycles. The van der Waals surface area contributed by atoms with Gasteiger partial charge in [0, 0.05) is 4.90 Å². The van der Waals surface area contributed by atoms with Crippen molar-refractivity contribution in [2.24, 2.45) is 0 Å². The minimum Gasteiger partial charge on any atom is -0.408 e. The van der Waals surface area contributed by atoms with Crippen LogP contribution >= 0.6 is 11.8 Å². The predicted molar refractivity (Wildman–Crippen MR) is 189 cm³/mol. The molecule has 5 rings (SSSR count). The molecule has 1 fully saturated rings. The van der Waals surface area contributed by atoms with Crippen molar-refractivity contribution in [2.75, 3.05) is 6.61 Å². The summed E-state index contributed by atoms with van der Waals surface area (Å²) in [6.45, 7) is 13.1. The van der Waals surface area contributed by atoms with Gasteiger partial charge in [-0.2, -0.15) is 0 Å². The summed E-state index contributed by atoms with van der Waals surface area (Å²) in [6.07, 6.45) is -1.57. The van der Waals surface area contributed by atoms with Crippen LogP contribution in [0.3, 0.4) is 0 Å². The highest BCUT2D eigenvalue weighted by molar-refractivity contribution is 7.99. The van der Waals surface area contributed by atoms with Gasteiger partial charge in [0.1, 0.15) is 29.9 Å². The van der Waals surface area contributed by atoms with Crippen LogP contribution in [-0.2, 0) is 43.2 Å². The van der Waals surface area contributed by atoms with Crippen LogP contribution in [0.4, 0.5) is 0 Å². The molecule has 0 aliphatic carbocycles. The van der Waals surface area contributed by atoms with Crippen LogP contribution in [0, 0.1) is 0 Å². The summed E-state index contributed by atoms with van der Waals surface area (Å²) in [5.41, 5.74) is 2.97. The van der Waals surface area contributed by atoms with Gasteiger partial charge in [-0.1, -0.05) is 142 Å². The third kappa shape index (κ3) is 9.64. The number of benzene rings is 4. The second-order valence-electron chi connectivity index (χ2n) is 13.3. The molecule has 244 valence electrons. The van der Waals surface area contributed by atoms with Gasteiger partial charge in [-0.3, -0.25) is 0 Å². The summed E-state index contributed by atoms with van der Waals surface area (Å²) in [7, 11) is -2.28. The molecule has 1 saturated heterocycles. The SMILES string of the molecule is CC(C)(C)[Si](C)(C)O[C@H]1[C@H](OCc2ccccc2)[C@@H](OCc2ccccc2)[C@H](Sc2ccccc2)O[C@@H]1COCc1ccccc1. The zero-order valence-electron chi connectivity index (χ0n) is 27.7. The van der Waals surface area contributed by atoms with Gasteiger partial charge in [-0.25, -0.2) is 0 Å². The maximum absolute atomic E-state index is 7.26. The Morgan fingerprint density at radius 3 is 1.57 bits per heavy atom. The van der Waals surface area contributed by atoms with Crippen LogP contribution in [0.1, 0.15) is 37.5 Å². The van der Waals surface area contributed by atoms with Crippen molar-refractivity contribution >= 4 is 20.1 Å². The molecule has 0 aromatic heterocycles. The van der Waals surface area contributed by atoms with Gasteiger partial charge in [0.25, 0.3) is 0 Å². The highest BCUT2D eigenvalue weighted by atomic mass is 32.2. The van der Waals surface area contributed by atoms with Crippen molar-refractivity contribution in [1.29, 1.82) is 0 Å². The van der Waals surface area contributed by atoms with E-state index in [4.69, 9.17) is 23.4 Å². The average molecular weight is 657 g/mol. The summed E-state index contributed by atoms with van der Waals surface area (Å²) in [4.78, 5) is 1.11. The van der Waals surface area contributed by atoms with E-state index < -0.39 is 26.6 Å². The number of hydrogen-bond donors (Lipinski definition) is 0. The zero-order valence-corrected chi connectivity index (χ0v) is 29.5. The largest absolute Gasteiger partial charge is 0.408 e. The molecule has 0 N–H and O–H groups in total. The summed E-state index contributed by atoms with van der Waals surface area (Å²) in [5, 5.41) is -0.0115. The molecule has 0 unspecified atom stereocenters. The van der Waals surface area contributed by atoms with Crippen LogP contribution in [-0.4, -0.2) is 44.8 Å². The number of hydrogen-bond acceptors (Lipinski definition) is 6. The van der Waals surface area contributed by atoms with Crippen molar-refractivity contribution in [1.82, 2.24) is 0 Å². The second kappa shape index (κ2) is 16.4. The lowest BCUT2D eigenvalue weighted by Crippen LogP contribution is -2.63. The molecule has 0 radical (unpaired) electrons. The summed E-state index contributed by atoms with van der Waals surface area (Å²) in [5.74, 6) is 0. The molecule has 4 aromatic rings. The van der Waals surface area contributed by atoms with Crippen LogP contribution in [0.2, 0.25) is 18.1 Å². The molecule has 5 nitrogen and oxygen atoms in total. The predicted octanol–water partition coefficient (Wildman–Crippen LogP) is 9.28. The maximum atomic E-state index is 7.26. The first-order chi connectivity index (χ1) is 22.2. The fraction of sp³-hybridized carbons (Fsp3) is 0.385. The lowest BCUT2D eigenvalue weighted by molar-refractivity contribution is -0.237. The molecule has 46 heavy (non-hydrogen) atoms. The topological polar surface area (TPSA) is 46.2 Å². The Labute approximate surface area is 280 Å². The average Bonchev–Trinajstić information content (AvgIpc) is 3.06. The molecule has 4 aromatic carbocycles. The van der Waals surface area contributed by atoms with E-state index in [1.165, 1.54) is 0 Å². The highest BCUT2D eigenvalue weighted by Gasteiger charge is 2.52. The Kier molecular flexibility index (Phi) is 12.3. The smallest absolute Gasteiger partial charge is 0.192 e. The van der Waals surface area contributed by atoms with Gasteiger partial charge in [0.15, 0.2) is 8.32 Å². The van der Waals surface area contributed by atoms with E-state index in [1.807, 2.05) is 60.7 Å². The highest BCUT2D eigenvalue weighted by Crippen LogP contribution is 2.43. The van der Waals surface area contributed by atoms with E-state index >= 15 is 0 Å². The van der Waals surface area contributed by atoms with E-state index in [0.717, 1.165) is 21.6 Å². The van der Waals surface area contributed by atoms with Crippen LogP contribution in [0.25, 0.3) is 0 Å². The fourth-order valence-electron chi connectivity index (χ4n) is 5.17. The lowest BCUT2D eigenvalue weighted by atomic mass is 9.99.